The summed E-state index contributed by atoms with van der Waals surface area (Å²) in [6.07, 6.45) is -0.194. The molecule has 92 valence electrons. The van der Waals surface area contributed by atoms with Crippen LogP contribution in [0.1, 0.15) is 21.7 Å². The molecule has 0 fully saturated rings. The highest BCUT2D eigenvalue weighted by Gasteiger charge is 2.14. The largest absolute Gasteiger partial charge is 0.292 e. The second kappa shape index (κ2) is 5.04. The molecule has 2 nitrogen and oxygen atoms in total. The summed E-state index contributed by atoms with van der Waals surface area (Å²) < 4.78 is 26.4. The van der Waals surface area contributed by atoms with Gasteiger partial charge in [0.05, 0.1) is 0 Å². The number of rotatable bonds is 3. The van der Waals surface area contributed by atoms with Gasteiger partial charge in [-0.05, 0) is 30.7 Å². The zero-order chi connectivity index (χ0) is 13.1. The highest BCUT2D eigenvalue weighted by atomic mass is 19.2. The van der Waals surface area contributed by atoms with Crippen molar-refractivity contribution in [1.82, 2.24) is 4.98 Å². The fourth-order valence-corrected chi connectivity index (χ4v) is 1.65. The van der Waals surface area contributed by atoms with E-state index in [1.807, 2.05) is 0 Å². The van der Waals surface area contributed by atoms with Gasteiger partial charge in [0.2, 0.25) is 0 Å². The summed E-state index contributed by atoms with van der Waals surface area (Å²) in [5.41, 5.74) is 1.02. The maximum Gasteiger partial charge on any atom is 0.185 e. The smallest absolute Gasteiger partial charge is 0.185 e. The molecule has 0 aliphatic carbocycles. The monoisotopic (exact) mass is 247 g/mol. The van der Waals surface area contributed by atoms with Crippen molar-refractivity contribution in [3.63, 3.8) is 0 Å². The fourth-order valence-electron chi connectivity index (χ4n) is 1.65. The Morgan fingerprint density at radius 1 is 1.17 bits per heavy atom. The number of halogens is 2. The Kier molecular flexibility index (Phi) is 3.46. The van der Waals surface area contributed by atoms with Crippen molar-refractivity contribution in [3.05, 3.63) is 65.0 Å². The Hall–Kier alpha value is -2.10. The van der Waals surface area contributed by atoms with Gasteiger partial charge in [-0.15, -0.1) is 0 Å². The lowest BCUT2D eigenvalue weighted by atomic mass is 10.1. The minimum atomic E-state index is -0.974. The Morgan fingerprint density at radius 3 is 2.61 bits per heavy atom. The molecular formula is C14H11F2NO. The molecule has 0 aliphatic rings. The lowest BCUT2D eigenvalue weighted by Crippen LogP contribution is -2.08. The molecule has 1 aromatic carbocycles. The third kappa shape index (κ3) is 2.59. The Labute approximate surface area is 103 Å². The number of hydrogen-bond donors (Lipinski definition) is 0. The number of ketones is 1. The first-order chi connectivity index (χ1) is 8.58. The van der Waals surface area contributed by atoms with E-state index in [0.717, 1.165) is 6.07 Å². The SMILES string of the molecule is Cc1cccc(C(=O)Cc2cccc(F)c2F)n1. The maximum absolute atomic E-state index is 13.4. The average molecular weight is 247 g/mol. The van der Waals surface area contributed by atoms with Gasteiger partial charge in [0, 0.05) is 12.1 Å². The van der Waals surface area contributed by atoms with Crippen molar-refractivity contribution in [1.29, 1.82) is 0 Å². The van der Waals surface area contributed by atoms with E-state index in [9.17, 15) is 13.6 Å². The Balaban J connectivity index is 2.24. The normalized spacial score (nSPS) is 10.4. The van der Waals surface area contributed by atoms with Crippen molar-refractivity contribution in [3.8, 4) is 0 Å². The van der Waals surface area contributed by atoms with E-state index in [0.29, 0.717) is 5.69 Å². The second-order valence-electron chi connectivity index (χ2n) is 3.98. The first-order valence-electron chi connectivity index (χ1n) is 5.47. The average Bonchev–Trinajstić information content (AvgIpc) is 2.35. The quantitative estimate of drug-likeness (QED) is 0.780. The topological polar surface area (TPSA) is 30.0 Å². The van der Waals surface area contributed by atoms with Crippen molar-refractivity contribution in [2.24, 2.45) is 0 Å². The molecule has 0 unspecified atom stereocenters. The van der Waals surface area contributed by atoms with Gasteiger partial charge in [-0.25, -0.2) is 8.78 Å². The van der Waals surface area contributed by atoms with Gasteiger partial charge in [0.25, 0.3) is 0 Å². The molecule has 0 aliphatic heterocycles. The molecule has 1 aromatic heterocycles. The third-order valence-electron chi connectivity index (χ3n) is 2.56. The number of hydrogen-bond acceptors (Lipinski definition) is 2. The standard InChI is InChI=1S/C14H11F2NO/c1-9-4-2-7-12(17-9)13(18)8-10-5-3-6-11(15)14(10)16/h2-7H,8H2,1H3. The van der Waals surface area contributed by atoms with E-state index in [2.05, 4.69) is 4.98 Å². The molecule has 1 heterocycles. The molecule has 0 bridgehead atoms. The molecule has 4 heteroatoms. The molecule has 0 saturated carbocycles. The number of nitrogens with zero attached hydrogens (tertiary/aromatic N) is 1. The van der Waals surface area contributed by atoms with Crippen molar-refractivity contribution >= 4 is 5.78 Å². The van der Waals surface area contributed by atoms with Crippen LogP contribution in [0.15, 0.2) is 36.4 Å². The van der Waals surface area contributed by atoms with Crippen LogP contribution in [0.4, 0.5) is 8.78 Å². The second-order valence-corrected chi connectivity index (χ2v) is 3.98. The summed E-state index contributed by atoms with van der Waals surface area (Å²) in [4.78, 5) is 15.9. The number of aromatic nitrogens is 1. The molecular weight excluding hydrogens is 236 g/mol. The number of carbonyl (C=O) groups is 1. The third-order valence-corrected chi connectivity index (χ3v) is 2.56. The zero-order valence-electron chi connectivity index (χ0n) is 9.78. The van der Waals surface area contributed by atoms with Gasteiger partial charge in [-0.2, -0.15) is 0 Å². The number of carbonyl (C=O) groups excluding carboxylic acids is 1. The molecule has 2 aromatic rings. The van der Waals surface area contributed by atoms with Gasteiger partial charge < -0.3 is 0 Å². The van der Waals surface area contributed by atoms with E-state index in [-0.39, 0.29) is 23.5 Å². The molecule has 0 N–H and O–H groups in total. The Morgan fingerprint density at radius 2 is 1.89 bits per heavy atom. The van der Waals surface area contributed by atoms with Crippen LogP contribution in [0, 0.1) is 18.6 Å². The first-order valence-corrected chi connectivity index (χ1v) is 5.47. The van der Waals surface area contributed by atoms with E-state index in [1.165, 1.54) is 12.1 Å². The minimum absolute atomic E-state index is 0.0447. The van der Waals surface area contributed by atoms with E-state index in [4.69, 9.17) is 0 Å². The maximum atomic E-state index is 13.4. The van der Waals surface area contributed by atoms with Gasteiger partial charge in [-0.1, -0.05) is 18.2 Å². The van der Waals surface area contributed by atoms with Crippen molar-refractivity contribution < 1.29 is 13.6 Å². The van der Waals surface area contributed by atoms with E-state index >= 15 is 0 Å². The molecule has 0 saturated heterocycles. The minimum Gasteiger partial charge on any atom is -0.292 e. The molecule has 0 spiro atoms. The predicted octanol–water partition coefficient (Wildman–Crippen LogP) is 3.09. The van der Waals surface area contributed by atoms with E-state index < -0.39 is 11.6 Å². The summed E-state index contributed by atoms with van der Waals surface area (Å²) in [7, 11) is 0. The number of benzene rings is 1. The summed E-state index contributed by atoms with van der Waals surface area (Å²) in [6, 6.07) is 8.83. The predicted molar refractivity (Wildman–Crippen MR) is 63.4 cm³/mol. The van der Waals surface area contributed by atoms with Gasteiger partial charge in [-0.3, -0.25) is 9.78 Å². The molecule has 0 radical (unpaired) electrons. The van der Waals surface area contributed by atoms with Gasteiger partial charge in [0.1, 0.15) is 5.69 Å². The number of pyridine rings is 1. The summed E-state index contributed by atoms with van der Waals surface area (Å²) in [5, 5.41) is 0. The number of Topliss-reactive ketones (excluding diaryl/α,β-unsaturated/α-hetero) is 1. The highest BCUT2D eigenvalue weighted by molar-refractivity contribution is 5.95. The molecule has 2 rings (SSSR count). The summed E-state index contributed by atoms with van der Waals surface area (Å²) in [6.45, 7) is 1.76. The Bertz CT molecular complexity index is 596. The first kappa shape index (κ1) is 12.4. The summed E-state index contributed by atoms with van der Waals surface area (Å²) >= 11 is 0. The zero-order valence-corrected chi connectivity index (χ0v) is 9.78. The van der Waals surface area contributed by atoms with Gasteiger partial charge >= 0.3 is 0 Å². The molecule has 18 heavy (non-hydrogen) atoms. The van der Waals surface area contributed by atoms with Crippen LogP contribution in [-0.2, 0) is 6.42 Å². The van der Waals surface area contributed by atoms with Crippen LogP contribution >= 0.6 is 0 Å². The lowest BCUT2D eigenvalue weighted by Gasteiger charge is -2.03. The van der Waals surface area contributed by atoms with E-state index in [1.54, 1.807) is 25.1 Å². The molecule has 0 atom stereocenters. The van der Waals surface area contributed by atoms with Crippen LogP contribution in [0.5, 0.6) is 0 Å². The van der Waals surface area contributed by atoms with Crippen molar-refractivity contribution in [2.45, 2.75) is 13.3 Å². The number of aryl methyl sites for hydroxylation is 1. The van der Waals surface area contributed by atoms with Crippen LogP contribution in [0.25, 0.3) is 0 Å². The highest BCUT2D eigenvalue weighted by Crippen LogP contribution is 2.14. The molecule has 0 amide bonds. The van der Waals surface area contributed by atoms with Crippen LogP contribution < -0.4 is 0 Å². The van der Waals surface area contributed by atoms with Crippen molar-refractivity contribution in [2.75, 3.05) is 0 Å². The van der Waals surface area contributed by atoms with Crippen LogP contribution in [-0.4, -0.2) is 10.8 Å². The lowest BCUT2D eigenvalue weighted by molar-refractivity contribution is 0.0986. The van der Waals surface area contributed by atoms with Crippen LogP contribution in [0.3, 0.4) is 0 Å². The van der Waals surface area contributed by atoms with Gasteiger partial charge in [0.15, 0.2) is 17.4 Å². The summed E-state index contributed by atoms with van der Waals surface area (Å²) in [5.74, 6) is -2.25. The fraction of sp³-hybridized carbons (Fsp3) is 0.143. The van der Waals surface area contributed by atoms with Crippen LogP contribution in [0.2, 0.25) is 0 Å².